The molecule has 0 N–H and O–H groups in total. The van der Waals surface area contributed by atoms with Crippen molar-refractivity contribution < 1.29 is 0 Å². The van der Waals surface area contributed by atoms with E-state index in [4.69, 9.17) is 0 Å². The summed E-state index contributed by atoms with van der Waals surface area (Å²) in [5.41, 5.74) is 6.21. The zero-order valence-electron chi connectivity index (χ0n) is 10.4. The standard InChI is InChI=1S/C17H18/c1-13(2)7-6-9-15-11-12-16-8-4-5-10-17(16)14(15)3/h4-6,8-11H,1,3,7,12H2,2H3/b9-6+. The summed E-state index contributed by atoms with van der Waals surface area (Å²) in [7, 11) is 0. The smallest absolute Gasteiger partial charge is 0.00821 e. The third-order valence-corrected chi connectivity index (χ3v) is 3.00. The van der Waals surface area contributed by atoms with Crippen LogP contribution in [0.3, 0.4) is 0 Å². The van der Waals surface area contributed by atoms with Gasteiger partial charge in [-0.1, -0.05) is 61.2 Å². The quantitative estimate of drug-likeness (QED) is 0.650. The molecule has 0 heterocycles. The average molecular weight is 222 g/mol. The van der Waals surface area contributed by atoms with Crippen molar-refractivity contribution in [2.75, 3.05) is 0 Å². The summed E-state index contributed by atoms with van der Waals surface area (Å²) >= 11 is 0. The van der Waals surface area contributed by atoms with Gasteiger partial charge in [0.1, 0.15) is 0 Å². The Kier molecular flexibility index (Phi) is 3.43. The van der Waals surface area contributed by atoms with Gasteiger partial charge in [0, 0.05) is 0 Å². The van der Waals surface area contributed by atoms with Gasteiger partial charge in [0.15, 0.2) is 0 Å². The maximum Gasteiger partial charge on any atom is -0.00821 e. The zero-order chi connectivity index (χ0) is 12.3. The Hall–Kier alpha value is -1.82. The monoisotopic (exact) mass is 222 g/mol. The van der Waals surface area contributed by atoms with Crippen molar-refractivity contribution in [1.82, 2.24) is 0 Å². The first kappa shape index (κ1) is 11.7. The van der Waals surface area contributed by atoms with Gasteiger partial charge in [-0.3, -0.25) is 0 Å². The summed E-state index contributed by atoms with van der Waals surface area (Å²) in [6, 6.07) is 8.48. The Labute approximate surface area is 104 Å². The first-order chi connectivity index (χ1) is 8.18. The Morgan fingerprint density at radius 1 is 1.35 bits per heavy atom. The number of rotatable bonds is 3. The SMILES string of the molecule is C=C(C)C/C=C/C1=CCc2ccccc2C1=C. The van der Waals surface area contributed by atoms with Crippen molar-refractivity contribution in [2.45, 2.75) is 19.8 Å². The molecule has 86 valence electrons. The molecule has 0 spiro atoms. The fourth-order valence-corrected chi connectivity index (χ4v) is 2.05. The topological polar surface area (TPSA) is 0 Å². The van der Waals surface area contributed by atoms with Gasteiger partial charge in [-0.25, -0.2) is 0 Å². The predicted octanol–water partition coefficient (Wildman–Crippen LogP) is 4.70. The van der Waals surface area contributed by atoms with Gasteiger partial charge in [-0.05, 0) is 42.0 Å². The minimum absolute atomic E-state index is 0.937. The molecule has 0 nitrogen and oxygen atoms in total. The highest BCUT2D eigenvalue weighted by Gasteiger charge is 2.12. The van der Waals surface area contributed by atoms with Crippen molar-refractivity contribution >= 4 is 5.57 Å². The van der Waals surface area contributed by atoms with Gasteiger partial charge in [0.25, 0.3) is 0 Å². The Bertz CT molecular complexity index is 513. The third kappa shape index (κ3) is 2.65. The molecule has 2 rings (SSSR count). The molecular formula is C17H18. The van der Waals surface area contributed by atoms with E-state index in [9.17, 15) is 0 Å². The van der Waals surface area contributed by atoms with Crippen molar-refractivity contribution in [3.05, 3.63) is 77.9 Å². The molecule has 1 aliphatic carbocycles. The fraction of sp³-hybridized carbons (Fsp3) is 0.176. The van der Waals surface area contributed by atoms with Crippen LogP contribution in [0.2, 0.25) is 0 Å². The predicted molar refractivity (Wildman–Crippen MR) is 75.8 cm³/mol. The van der Waals surface area contributed by atoms with E-state index in [0.717, 1.165) is 18.4 Å². The molecule has 0 saturated heterocycles. The van der Waals surface area contributed by atoms with Crippen LogP contribution in [0, 0.1) is 0 Å². The molecule has 17 heavy (non-hydrogen) atoms. The highest BCUT2D eigenvalue weighted by atomic mass is 14.2. The lowest BCUT2D eigenvalue weighted by molar-refractivity contribution is 1.20. The third-order valence-electron chi connectivity index (χ3n) is 3.00. The summed E-state index contributed by atoms with van der Waals surface area (Å²) < 4.78 is 0. The highest BCUT2D eigenvalue weighted by molar-refractivity contribution is 5.83. The van der Waals surface area contributed by atoms with Crippen LogP contribution in [-0.2, 0) is 6.42 Å². The van der Waals surface area contributed by atoms with Crippen LogP contribution in [0.1, 0.15) is 24.5 Å². The summed E-state index contributed by atoms with van der Waals surface area (Å²) in [5, 5.41) is 0. The van der Waals surface area contributed by atoms with Crippen molar-refractivity contribution in [3.8, 4) is 0 Å². The van der Waals surface area contributed by atoms with Gasteiger partial charge in [-0.15, -0.1) is 0 Å². The van der Waals surface area contributed by atoms with Crippen molar-refractivity contribution in [1.29, 1.82) is 0 Å². The molecule has 1 aromatic rings. The maximum absolute atomic E-state index is 4.19. The molecule has 1 aromatic carbocycles. The largest absolute Gasteiger partial charge is 0.0998 e. The average Bonchev–Trinajstić information content (AvgIpc) is 2.32. The highest BCUT2D eigenvalue weighted by Crippen LogP contribution is 2.30. The molecule has 0 aliphatic heterocycles. The number of fused-ring (bicyclic) bond motifs is 1. The summed E-state index contributed by atoms with van der Waals surface area (Å²) in [4.78, 5) is 0. The summed E-state index contributed by atoms with van der Waals surface area (Å²) in [6.07, 6.45) is 8.51. The van der Waals surface area contributed by atoms with Gasteiger partial charge >= 0.3 is 0 Å². The second-order valence-corrected chi connectivity index (χ2v) is 4.56. The van der Waals surface area contributed by atoms with Gasteiger partial charge in [0.2, 0.25) is 0 Å². The van der Waals surface area contributed by atoms with Gasteiger partial charge in [-0.2, -0.15) is 0 Å². The van der Waals surface area contributed by atoms with E-state index in [-0.39, 0.29) is 0 Å². The van der Waals surface area contributed by atoms with E-state index < -0.39 is 0 Å². The normalized spacial score (nSPS) is 14.6. The summed E-state index contributed by atoms with van der Waals surface area (Å²) in [5.74, 6) is 0. The fourth-order valence-electron chi connectivity index (χ4n) is 2.05. The molecular weight excluding hydrogens is 204 g/mol. The maximum atomic E-state index is 4.19. The molecule has 0 radical (unpaired) electrons. The first-order valence-corrected chi connectivity index (χ1v) is 5.97. The van der Waals surface area contributed by atoms with E-state index in [1.54, 1.807) is 0 Å². The molecule has 0 heteroatoms. The molecule has 0 atom stereocenters. The molecule has 0 saturated carbocycles. The number of benzene rings is 1. The minimum atomic E-state index is 0.937. The van der Waals surface area contributed by atoms with Gasteiger partial charge in [0.05, 0.1) is 0 Å². The molecule has 1 aliphatic rings. The number of hydrogen-bond donors (Lipinski definition) is 0. The van der Waals surface area contributed by atoms with Crippen LogP contribution >= 0.6 is 0 Å². The minimum Gasteiger partial charge on any atom is -0.0998 e. The first-order valence-electron chi connectivity index (χ1n) is 5.97. The number of hydrogen-bond acceptors (Lipinski definition) is 0. The zero-order valence-corrected chi connectivity index (χ0v) is 10.4. The lowest BCUT2D eigenvalue weighted by Crippen LogP contribution is -1.99. The Morgan fingerprint density at radius 3 is 2.88 bits per heavy atom. The van der Waals surface area contributed by atoms with E-state index in [0.29, 0.717) is 0 Å². The second-order valence-electron chi connectivity index (χ2n) is 4.56. The van der Waals surface area contributed by atoms with Crippen LogP contribution < -0.4 is 0 Å². The molecule has 0 bridgehead atoms. The van der Waals surface area contributed by atoms with E-state index in [1.165, 1.54) is 22.3 Å². The molecule has 0 unspecified atom stereocenters. The van der Waals surface area contributed by atoms with Crippen LogP contribution in [-0.4, -0.2) is 0 Å². The van der Waals surface area contributed by atoms with Crippen molar-refractivity contribution in [2.24, 2.45) is 0 Å². The van der Waals surface area contributed by atoms with Crippen LogP contribution in [0.15, 0.2) is 66.8 Å². The van der Waals surface area contributed by atoms with Crippen LogP contribution in [0.5, 0.6) is 0 Å². The lowest BCUT2D eigenvalue weighted by atomic mass is 9.87. The lowest BCUT2D eigenvalue weighted by Gasteiger charge is -2.17. The Balaban J connectivity index is 2.19. The number of allylic oxidation sites excluding steroid dienone is 6. The van der Waals surface area contributed by atoms with E-state index >= 15 is 0 Å². The van der Waals surface area contributed by atoms with E-state index in [1.807, 2.05) is 6.92 Å². The molecule has 0 amide bonds. The molecule has 0 fully saturated rings. The second kappa shape index (κ2) is 5.01. The van der Waals surface area contributed by atoms with Crippen molar-refractivity contribution in [3.63, 3.8) is 0 Å². The Morgan fingerprint density at radius 2 is 2.12 bits per heavy atom. The van der Waals surface area contributed by atoms with Crippen LogP contribution in [0.25, 0.3) is 5.57 Å². The molecule has 0 aromatic heterocycles. The van der Waals surface area contributed by atoms with Crippen LogP contribution in [0.4, 0.5) is 0 Å². The summed E-state index contributed by atoms with van der Waals surface area (Å²) in [6.45, 7) is 10.1. The van der Waals surface area contributed by atoms with E-state index in [2.05, 4.69) is 55.7 Å². The van der Waals surface area contributed by atoms with Gasteiger partial charge < -0.3 is 0 Å².